The normalized spacial score (nSPS) is 10.5. The van der Waals surface area contributed by atoms with E-state index >= 15 is 0 Å². The van der Waals surface area contributed by atoms with Crippen LogP contribution in [0.25, 0.3) is 0 Å². The molecule has 0 aliphatic rings. The molecule has 0 aromatic carbocycles. The van der Waals surface area contributed by atoms with Gasteiger partial charge in [-0.3, -0.25) is 0 Å². The fourth-order valence-corrected chi connectivity index (χ4v) is 1.69. The van der Waals surface area contributed by atoms with Crippen molar-refractivity contribution in [2.24, 2.45) is 0 Å². The Bertz CT molecular complexity index is 304. The van der Waals surface area contributed by atoms with E-state index in [9.17, 15) is 4.79 Å². The van der Waals surface area contributed by atoms with Crippen LogP contribution in [0.1, 0.15) is 49.5 Å². The Kier molecular flexibility index (Phi) is 4.95. The molecule has 0 aliphatic heterocycles. The summed E-state index contributed by atoms with van der Waals surface area (Å²) in [6.45, 7) is 3.01. The Balaban J connectivity index is 2.31. The van der Waals surface area contributed by atoms with Crippen LogP contribution in [-0.4, -0.2) is 15.6 Å². The molecule has 15 heavy (non-hydrogen) atoms. The maximum Gasteiger partial charge on any atom is 0.352 e. The number of rotatable bonds is 7. The number of carboxylic acid groups (broad SMARTS) is 1. The summed E-state index contributed by atoms with van der Waals surface area (Å²) in [5.41, 5.74) is 0.394. The number of unbranched alkanes of at least 4 members (excludes halogenated alkanes) is 4. The van der Waals surface area contributed by atoms with Gasteiger partial charge >= 0.3 is 5.97 Å². The Hall–Kier alpha value is -1.25. The first-order valence-corrected chi connectivity index (χ1v) is 5.64. The zero-order chi connectivity index (χ0) is 11.1. The van der Waals surface area contributed by atoms with Crippen LogP contribution in [0.5, 0.6) is 0 Å². The van der Waals surface area contributed by atoms with E-state index in [1.54, 1.807) is 12.1 Å². The second-order valence-corrected chi connectivity index (χ2v) is 3.81. The van der Waals surface area contributed by atoms with Gasteiger partial charge in [0.15, 0.2) is 0 Å². The number of carbonyl (C=O) groups is 1. The van der Waals surface area contributed by atoms with Gasteiger partial charge < -0.3 is 9.67 Å². The predicted molar refractivity (Wildman–Crippen MR) is 60.2 cm³/mol. The minimum atomic E-state index is -0.839. The highest BCUT2D eigenvalue weighted by atomic mass is 16.4. The summed E-state index contributed by atoms with van der Waals surface area (Å²) in [4.78, 5) is 10.8. The van der Waals surface area contributed by atoms with Crippen molar-refractivity contribution in [1.82, 2.24) is 4.57 Å². The number of aryl methyl sites for hydroxylation is 1. The van der Waals surface area contributed by atoms with Gasteiger partial charge in [-0.1, -0.05) is 32.6 Å². The van der Waals surface area contributed by atoms with Crippen LogP contribution in [0, 0.1) is 0 Å². The molecule has 3 nitrogen and oxygen atoms in total. The summed E-state index contributed by atoms with van der Waals surface area (Å²) < 4.78 is 1.81. The third kappa shape index (κ3) is 3.78. The number of hydrogen-bond donors (Lipinski definition) is 1. The standard InChI is InChI=1S/C12H19NO2/c1-2-3-4-5-6-9-13-10-7-8-11(13)12(14)15/h7-8,10H,2-6,9H2,1H3,(H,14,15). The van der Waals surface area contributed by atoms with E-state index in [0.29, 0.717) is 5.69 Å². The molecule has 0 fully saturated rings. The average Bonchev–Trinajstić information content (AvgIpc) is 2.66. The number of nitrogens with zero attached hydrogens (tertiary/aromatic N) is 1. The molecule has 0 aliphatic carbocycles. The van der Waals surface area contributed by atoms with Gasteiger partial charge in [0.2, 0.25) is 0 Å². The van der Waals surface area contributed by atoms with Gasteiger partial charge in [0.25, 0.3) is 0 Å². The van der Waals surface area contributed by atoms with Gasteiger partial charge in [0, 0.05) is 12.7 Å². The summed E-state index contributed by atoms with van der Waals surface area (Å²) in [6, 6.07) is 3.43. The summed E-state index contributed by atoms with van der Waals surface area (Å²) in [7, 11) is 0. The molecule has 1 rings (SSSR count). The molecule has 0 saturated carbocycles. The number of hydrogen-bond acceptors (Lipinski definition) is 1. The number of aromatic nitrogens is 1. The summed E-state index contributed by atoms with van der Waals surface area (Å²) >= 11 is 0. The molecule has 0 radical (unpaired) electrons. The quantitative estimate of drug-likeness (QED) is 0.701. The Morgan fingerprint density at radius 1 is 1.33 bits per heavy atom. The van der Waals surface area contributed by atoms with Crippen molar-refractivity contribution in [3.8, 4) is 0 Å². The van der Waals surface area contributed by atoms with Crippen LogP contribution in [0.2, 0.25) is 0 Å². The van der Waals surface area contributed by atoms with Crippen molar-refractivity contribution in [3.05, 3.63) is 24.0 Å². The topological polar surface area (TPSA) is 42.2 Å². The first-order valence-electron chi connectivity index (χ1n) is 5.64. The van der Waals surface area contributed by atoms with Crippen molar-refractivity contribution in [2.45, 2.75) is 45.6 Å². The van der Waals surface area contributed by atoms with Crippen LogP contribution in [-0.2, 0) is 6.54 Å². The third-order valence-electron chi connectivity index (χ3n) is 2.55. The monoisotopic (exact) mass is 209 g/mol. The Morgan fingerprint density at radius 3 is 2.73 bits per heavy atom. The largest absolute Gasteiger partial charge is 0.477 e. The second-order valence-electron chi connectivity index (χ2n) is 3.81. The van der Waals surface area contributed by atoms with Gasteiger partial charge in [0.1, 0.15) is 5.69 Å². The highest BCUT2D eigenvalue weighted by Crippen LogP contribution is 2.07. The summed E-state index contributed by atoms with van der Waals surface area (Å²) in [5, 5.41) is 8.87. The molecule has 3 heteroatoms. The fourth-order valence-electron chi connectivity index (χ4n) is 1.69. The first kappa shape index (κ1) is 11.8. The van der Waals surface area contributed by atoms with E-state index in [1.807, 2.05) is 10.8 Å². The molecular weight excluding hydrogens is 190 g/mol. The maximum atomic E-state index is 10.8. The average molecular weight is 209 g/mol. The molecule has 0 atom stereocenters. The molecule has 0 amide bonds. The van der Waals surface area contributed by atoms with Gasteiger partial charge in [-0.25, -0.2) is 4.79 Å². The van der Waals surface area contributed by atoms with E-state index < -0.39 is 5.97 Å². The fraction of sp³-hybridized carbons (Fsp3) is 0.583. The first-order chi connectivity index (χ1) is 7.25. The third-order valence-corrected chi connectivity index (χ3v) is 2.55. The maximum absolute atomic E-state index is 10.8. The Labute approximate surface area is 90.7 Å². The minimum absolute atomic E-state index is 0.394. The van der Waals surface area contributed by atoms with Gasteiger partial charge in [-0.05, 0) is 18.6 Å². The molecule has 0 unspecified atom stereocenters. The van der Waals surface area contributed by atoms with Crippen molar-refractivity contribution in [2.75, 3.05) is 0 Å². The van der Waals surface area contributed by atoms with Crippen molar-refractivity contribution >= 4 is 5.97 Å². The lowest BCUT2D eigenvalue weighted by molar-refractivity contribution is 0.0685. The van der Waals surface area contributed by atoms with Crippen LogP contribution in [0.15, 0.2) is 18.3 Å². The van der Waals surface area contributed by atoms with E-state index in [-0.39, 0.29) is 0 Å². The van der Waals surface area contributed by atoms with Crippen molar-refractivity contribution in [1.29, 1.82) is 0 Å². The zero-order valence-corrected chi connectivity index (χ0v) is 9.28. The summed E-state index contributed by atoms with van der Waals surface area (Å²) in [6.07, 6.45) is 7.85. The molecular formula is C12H19NO2. The second kappa shape index (κ2) is 6.27. The molecule has 84 valence electrons. The summed E-state index contributed by atoms with van der Waals surface area (Å²) in [5.74, 6) is -0.839. The van der Waals surface area contributed by atoms with Crippen LogP contribution in [0.4, 0.5) is 0 Å². The number of aromatic carboxylic acids is 1. The highest BCUT2D eigenvalue weighted by Gasteiger charge is 2.07. The lowest BCUT2D eigenvalue weighted by Crippen LogP contribution is -2.07. The SMILES string of the molecule is CCCCCCCn1cccc1C(=O)O. The van der Waals surface area contributed by atoms with Gasteiger partial charge in [-0.15, -0.1) is 0 Å². The Morgan fingerprint density at radius 2 is 2.07 bits per heavy atom. The molecule has 0 bridgehead atoms. The van der Waals surface area contributed by atoms with Crippen LogP contribution in [0.3, 0.4) is 0 Å². The van der Waals surface area contributed by atoms with Crippen molar-refractivity contribution < 1.29 is 9.90 Å². The van der Waals surface area contributed by atoms with E-state index in [2.05, 4.69) is 6.92 Å². The van der Waals surface area contributed by atoms with Crippen LogP contribution >= 0.6 is 0 Å². The minimum Gasteiger partial charge on any atom is -0.477 e. The zero-order valence-electron chi connectivity index (χ0n) is 9.28. The molecule has 1 N–H and O–H groups in total. The van der Waals surface area contributed by atoms with E-state index in [4.69, 9.17) is 5.11 Å². The molecule has 0 saturated heterocycles. The smallest absolute Gasteiger partial charge is 0.352 e. The molecule has 1 heterocycles. The molecule has 1 aromatic rings. The predicted octanol–water partition coefficient (Wildman–Crippen LogP) is 3.16. The molecule has 1 aromatic heterocycles. The lowest BCUT2D eigenvalue weighted by atomic mass is 10.1. The van der Waals surface area contributed by atoms with E-state index in [0.717, 1.165) is 13.0 Å². The van der Waals surface area contributed by atoms with Gasteiger partial charge in [0.05, 0.1) is 0 Å². The highest BCUT2D eigenvalue weighted by molar-refractivity contribution is 5.85. The van der Waals surface area contributed by atoms with Gasteiger partial charge in [-0.2, -0.15) is 0 Å². The van der Waals surface area contributed by atoms with Crippen LogP contribution < -0.4 is 0 Å². The molecule has 0 spiro atoms. The van der Waals surface area contributed by atoms with Crippen molar-refractivity contribution in [3.63, 3.8) is 0 Å². The number of carboxylic acids is 1. The van der Waals surface area contributed by atoms with E-state index in [1.165, 1.54) is 25.7 Å². The lowest BCUT2D eigenvalue weighted by Gasteiger charge is -2.05.